The van der Waals surface area contributed by atoms with Gasteiger partial charge in [0, 0.05) is 0 Å². The topological polar surface area (TPSA) is 102 Å². The second kappa shape index (κ2) is 6.00. The Morgan fingerprint density at radius 1 is 1.46 bits per heavy atom. The highest BCUT2D eigenvalue weighted by Gasteiger charge is 2.06. The summed E-state index contributed by atoms with van der Waals surface area (Å²) in [4.78, 5) is 21.0. The van der Waals surface area contributed by atoms with E-state index >= 15 is 0 Å². The van der Waals surface area contributed by atoms with Gasteiger partial charge >= 0.3 is 12.1 Å². The van der Waals surface area contributed by atoms with E-state index in [1.165, 1.54) is 10.8 Å². The summed E-state index contributed by atoms with van der Waals surface area (Å²) in [6, 6.07) is -1.16. The molecule has 0 aliphatic rings. The maximum absolute atomic E-state index is 10.6. The summed E-state index contributed by atoms with van der Waals surface area (Å²) < 4.78 is 25.5. The van der Waals surface area contributed by atoms with E-state index in [1.807, 2.05) is 0 Å². The number of ether oxygens (including phenoxy) is 1. The molecule has 0 aromatic heterocycles. The van der Waals surface area contributed by atoms with E-state index in [0.717, 1.165) is 0 Å². The minimum absolute atomic E-state index is 0.0668. The molecule has 8 heteroatoms. The zero-order chi connectivity index (χ0) is 10.3. The highest BCUT2D eigenvalue weighted by molar-refractivity contribution is 7.71. The lowest BCUT2D eigenvalue weighted by Crippen LogP contribution is -2.38. The number of carbonyl (C=O) groups excluding carboxylic acids is 2. The van der Waals surface area contributed by atoms with Crippen molar-refractivity contribution < 1.29 is 22.7 Å². The molecule has 0 rings (SSSR count). The maximum atomic E-state index is 10.6. The van der Waals surface area contributed by atoms with Gasteiger partial charge in [-0.2, -0.15) is 0 Å². The first-order chi connectivity index (χ1) is 6.06. The summed E-state index contributed by atoms with van der Waals surface area (Å²) >= 11 is 0. The van der Waals surface area contributed by atoms with Gasteiger partial charge in [-0.1, -0.05) is 12.7 Å². The van der Waals surface area contributed by atoms with Gasteiger partial charge in [-0.15, -0.1) is 0 Å². The Kier molecular flexibility index (Phi) is 5.28. The van der Waals surface area contributed by atoms with Crippen molar-refractivity contribution in [2.24, 2.45) is 0 Å². The average molecular weight is 208 g/mol. The molecule has 13 heavy (non-hydrogen) atoms. The van der Waals surface area contributed by atoms with Gasteiger partial charge in [0.2, 0.25) is 10.9 Å². The van der Waals surface area contributed by atoms with Gasteiger partial charge in [0.15, 0.2) is 0 Å². The van der Waals surface area contributed by atoms with Crippen molar-refractivity contribution in [2.45, 2.75) is 0 Å². The lowest BCUT2D eigenvalue weighted by molar-refractivity contribution is 0.159. The van der Waals surface area contributed by atoms with E-state index < -0.39 is 23.0 Å². The second-order valence-electron chi connectivity index (χ2n) is 1.71. The van der Waals surface area contributed by atoms with E-state index in [-0.39, 0.29) is 6.61 Å². The van der Waals surface area contributed by atoms with Crippen LogP contribution in [-0.2, 0) is 15.6 Å². The predicted octanol–water partition coefficient (Wildman–Crippen LogP) is -0.865. The number of nitrogens with one attached hydrogen (secondary N) is 2. The molecule has 0 aromatic carbocycles. The van der Waals surface area contributed by atoms with Gasteiger partial charge in [-0.25, -0.2) is 28.0 Å². The Balaban J connectivity index is 3.78. The van der Waals surface area contributed by atoms with E-state index in [4.69, 9.17) is 0 Å². The van der Waals surface area contributed by atoms with Crippen LogP contribution in [0.3, 0.4) is 0 Å². The predicted molar refractivity (Wildman–Crippen MR) is 43.5 cm³/mol. The Hall–Kier alpha value is -1.57. The van der Waals surface area contributed by atoms with Gasteiger partial charge < -0.3 is 4.74 Å². The number of alkyl carbamates (subject to hydrolysis) is 1. The highest BCUT2D eigenvalue weighted by Crippen LogP contribution is 1.77. The summed E-state index contributed by atoms with van der Waals surface area (Å²) in [5.74, 6) is 0. The zero-order valence-electron chi connectivity index (χ0n) is 6.48. The largest absolute Gasteiger partial charge is 0.445 e. The van der Waals surface area contributed by atoms with Crippen molar-refractivity contribution >= 4 is 23.0 Å². The molecule has 0 aromatic rings. The van der Waals surface area contributed by atoms with Crippen LogP contribution in [0.25, 0.3) is 0 Å². The first-order valence-corrected chi connectivity index (χ1v) is 4.23. The number of urea groups is 1. The summed E-state index contributed by atoms with van der Waals surface area (Å²) in [6.45, 7) is 3.19. The molecule has 0 fully saturated rings. The number of hydrogen-bond acceptors (Lipinski definition) is 5. The van der Waals surface area contributed by atoms with Crippen LogP contribution in [0, 0.1) is 0 Å². The Labute approximate surface area is 75.8 Å². The van der Waals surface area contributed by atoms with E-state index in [9.17, 15) is 18.0 Å². The summed E-state index contributed by atoms with van der Waals surface area (Å²) in [6.07, 6.45) is 0.250. The van der Waals surface area contributed by atoms with E-state index in [1.54, 1.807) is 5.32 Å². The number of imide groups is 1. The van der Waals surface area contributed by atoms with E-state index in [2.05, 4.69) is 11.3 Å². The van der Waals surface area contributed by atoms with Crippen LogP contribution < -0.4 is 10.0 Å². The molecular weight excluding hydrogens is 200 g/mol. The number of thiol groups is 1. The zero-order valence-corrected chi connectivity index (χ0v) is 7.37. The van der Waals surface area contributed by atoms with E-state index in [0.29, 0.717) is 0 Å². The van der Waals surface area contributed by atoms with Crippen molar-refractivity contribution in [3.8, 4) is 0 Å². The van der Waals surface area contributed by atoms with Crippen LogP contribution in [0.15, 0.2) is 12.7 Å². The summed E-state index contributed by atoms with van der Waals surface area (Å²) in [5.41, 5.74) is 0. The molecule has 2 N–H and O–H groups in total. The fourth-order valence-corrected chi connectivity index (χ4v) is 0.596. The van der Waals surface area contributed by atoms with Crippen LogP contribution in [0.4, 0.5) is 9.59 Å². The molecule has 0 spiro atoms. The van der Waals surface area contributed by atoms with Crippen molar-refractivity contribution in [1.29, 1.82) is 0 Å². The van der Waals surface area contributed by atoms with Crippen LogP contribution in [0.5, 0.6) is 0 Å². The molecule has 0 bridgehead atoms. The third-order valence-corrected chi connectivity index (χ3v) is 1.13. The Morgan fingerprint density at radius 3 is 2.54 bits per heavy atom. The van der Waals surface area contributed by atoms with Crippen LogP contribution in [0.2, 0.25) is 0 Å². The molecule has 0 heterocycles. The third-order valence-electron chi connectivity index (χ3n) is 0.741. The van der Waals surface area contributed by atoms with Crippen molar-refractivity contribution in [2.75, 3.05) is 6.61 Å². The quantitative estimate of drug-likeness (QED) is 0.413. The maximum Gasteiger partial charge on any atom is 0.415 e. The van der Waals surface area contributed by atoms with Crippen molar-refractivity contribution in [1.82, 2.24) is 10.0 Å². The smallest absolute Gasteiger partial charge is 0.415 e. The summed E-state index contributed by atoms with van der Waals surface area (Å²) in [7, 11) is -3.07. The standard InChI is InChI=1S/C5H8N2O5S/c1-2-3-12-5(9)6-4(8)7-13(10)11/h2,13H,1,3H2,(H2,6,7,8,9,10,11). The van der Waals surface area contributed by atoms with Gasteiger partial charge in [0.25, 0.3) is 0 Å². The van der Waals surface area contributed by atoms with Gasteiger partial charge in [0.1, 0.15) is 6.61 Å². The van der Waals surface area contributed by atoms with Gasteiger partial charge in [0.05, 0.1) is 0 Å². The van der Waals surface area contributed by atoms with Crippen molar-refractivity contribution in [3.63, 3.8) is 0 Å². The molecule has 3 amide bonds. The molecule has 0 aliphatic carbocycles. The third kappa shape index (κ3) is 6.81. The molecule has 0 saturated heterocycles. The molecule has 74 valence electrons. The van der Waals surface area contributed by atoms with Gasteiger partial charge in [-0.05, 0) is 0 Å². The molecule has 0 saturated carbocycles. The molecule has 0 aliphatic heterocycles. The number of hydrogen-bond donors (Lipinski definition) is 3. The normalized spacial score (nSPS) is 9.00. The Bertz CT molecular complexity index is 277. The first-order valence-electron chi connectivity index (χ1n) is 3.06. The average Bonchev–Trinajstić information content (AvgIpc) is 1.98. The lowest BCUT2D eigenvalue weighted by atomic mass is 10.7. The second-order valence-corrected chi connectivity index (χ2v) is 2.45. The van der Waals surface area contributed by atoms with Crippen LogP contribution in [-0.4, -0.2) is 27.1 Å². The minimum atomic E-state index is -3.07. The fraction of sp³-hybridized carbons (Fsp3) is 0.200. The van der Waals surface area contributed by atoms with Crippen LogP contribution in [0.1, 0.15) is 0 Å². The monoisotopic (exact) mass is 208 g/mol. The molecule has 0 atom stereocenters. The number of amides is 3. The number of rotatable bonds is 3. The Morgan fingerprint density at radius 2 is 2.08 bits per heavy atom. The molecule has 0 radical (unpaired) electrons. The SMILES string of the molecule is C=CCOC(=O)NC(=O)N[SH](=O)=O. The highest BCUT2D eigenvalue weighted by atomic mass is 32.2. The molecule has 0 unspecified atom stereocenters. The lowest BCUT2D eigenvalue weighted by Gasteiger charge is -2.01. The minimum Gasteiger partial charge on any atom is -0.445 e. The molecule has 7 nitrogen and oxygen atoms in total. The van der Waals surface area contributed by atoms with Crippen molar-refractivity contribution in [3.05, 3.63) is 12.7 Å². The first kappa shape index (κ1) is 11.4. The summed E-state index contributed by atoms with van der Waals surface area (Å²) in [5, 5.41) is 1.60. The van der Waals surface area contributed by atoms with Gasteiger partial charge in [-0.3, -0.25) is 0 Å². The van der Waals surface area contributed by atoms with Crippen LogP contribution >= 0.6 is 0 Å². The molecular formula is C5H8N2O5S. The number of carbonyl (C=O) groups is 2. The fourth-order valence-electron chi connectivity index (χ4n) is 0.374.